The number of rotatable bonds is 8. The topological polar surface area (TPSA) is 129 Å². The van der Waals surface area contributed by atoms with Crippen LogP contribution in [0, 0.1) is 10.1 Å². The largest absolute Gasteiger partial charge is 0.493 e. The molecule has 10 nitrogen and oxygen atoms in total. The Kier molecular flexibility index (Phi) is 7.96. The van der Waals surface area contributed by atoms with Crippen LogP contribution in [0.5, 0.6) is 17.2 Å². The Morgan fingerprint density at radius 1 is 1.23 bits per heavy atom. The summed E-state index contributed by atoms with van der Waals surface area (Å²) < 4.78 is 15.3. The van der Waals surface area contributed by atoms with Gasteiger partial charge in [0.1, 0.15) is 0 Å². The van der Waals surface area contributed by atoms with Crippen LogP contribution in [0.1, 0.15) is 12.5 Å². The van der Waals surface area contributed by atoms with Gasteiger partial charge in [0.2, 0.25) is 5.75 Å². The lowest BCUT2D eigenvalue weighted by molar-refractivity contribution is -0.385. The third-order valence-corrected chi connectivity index (χ3v) is 3.88. The molecular weight excluding hydrogens is 441 g/mol. The van der Waals surface area contributed by atoms with Crippen molar-refractivity contribution in [3.63, 3.8) is 0 Å². The van der Waals surface area contributed by atoms with E-state index >= 15 is 0 Å². The normalized spacial score (nSPS) is 10.5. The smallest absolute Gasteiger partial charge is 0.314 e. The summed E-state index contributed by atoms with van der Waals surface area (Å²) >= 11 is 11.6. The molecule has 0 aliphatic rings. The van der Waals surface area contributed by atoms with E-state index in [9.17, 15) is 19.7 Å². The molecule has 0 atom stereocenters. The molecule has 2 aromatic rings. The number of nitro benzene ring substituents is 1. The molecule has 0 radical (unpaired) electrons. The quantitative estimate of drug-likeness (QED) is 0.212. The fourth-order valence-corrected chi connectivity index (χ4v) is 2.71. The highest BCUT2D eigenvalue weighted by molar-refractivity contribution is 6.36. The highest BCUT2D eigenvalue weighted by Crippen LogP contribution is 2.37. The molecule has 30 heavy (non-hydrogen) atoms. The van der Waals surface area contributed by atoms with Crippen molar-refractivity contribution >= 4 is 47.0 Å². The van der Waals surface area contributed by atoms with E-state index in [4.69, 9.17) is 37.4 Å². The third-order valence-electron chi connectivity index (χ3n) is 3.38. The number of ether oxygens (including phenoxy) is 3. The van der Waals surface area contributed by atoms with Gasteiger partial charge in [-0.1, -0.05) is 23.2 Å². The van der Waals surface area contributed by atoms with Crippen molar-refractivity contribution < 1.29 is 28.7 Å². The van der Waals surface area contributed by atoms with Crippen molar-refractivity contribution in [3.8, 4) is 17.2 Å². The minimum absolute atomic E-state index is 0.0586. The van der Waals surface area contributed by atoms with Gasteiger partial charge in [-0.3, -0.25) is 19.7 Å². The Balaban J connectivity index is 1.99. The van der Waals surface area contributed by atoms with Gasteiger partial charge in [0.25, 0.3) is 5.91 Å². The van der Waals surface area contributed by atoms with E-state index in [1.54, 1.807) is 12.1 Å². The van der Waals surface area contributed by atoms with Crippen molar-refractivity contribution in [1.29, 1.82) is 0 Å². The van der Waals surface area contributed by atoms with Gasteiger partial charge in [0.15, 0.2) is 18.1 Å². The van der Waals surface area contributed by atoms with Crippen LogP contribution in [-0.2, 0) is 9.59 Å². The summed E-state index contributed by atoms with van der Waals surface area (Å²) in [5, 5.41) is 14.8. The molecule has 0 spiro atoms. The molecule has 0 aromatic heterocycles. The highest BCUT2D eigenvalue weighted by Gasteiger charge is 2.21. The lowest BCUT2D eigenvalue weighted by atomic mass is 10.2. The van der Waals surface area contributed by atoms with Crippen LogP contribution in [0.25, 0.3) is 0 Å². The van der Waals surface area contributed by atoms with Gasteiger partial charge >= 0.3 is 11.7 Å². The van der Waals surface area contributed by atoms with E-state index in [1.165, 1.54) is 32.4 Å². The Hall–Kier alpha value is -3.37. The number of amides is 1. The van der Waals surface area contributed by atoms with Crippen molar-refractivity contribution in [2.45, 2.75) is 6.92 Å². The summed E-state index contributed by atoms with van der Waals surface area (Å²) in [5.74, 6) is -0.927. The maximum Gasteiger partial charge on any atom is 0.314 e. The molecular formula is C18H15Cl2N3O7. The Morgan fingerprint density at radius 3 is 2.60 bits per heavy atom. The second-order valence-electron chi connectivity index (χ2n) is 5.58. The second-order valence-corrected chi connectivity index (χ2v) is 6.42. The minimum atomic E-state index is -0.726. The van der Waals surface area contributed by atoms with Crippen LogP contribution in [-0.4, -0.2) is 36.7 Å². The molecule has 0 saturated carbocycles. The van der Waals surface area contributed by atoms with Gasteiger partial charge in [-0.2, -0.15) is 5.10 Å². The van der Waals surface area contributed by atoms with Crippen LogP contribution in [0.2, 0.25) is 10.0 Å². The summed E-state index contributed by atoms with van der Waals surface area (Å²) in [4.78, 5) is 33.3. The molecule has 0 fully saturated rings. The van der Waals surface area contributed by atoms with Crippen LogP contribution in [0.15, 0.2) is 35.4 Å². The van der Waals surface area contributed by atoms with Gasteiger partial charge in [-0.25, -0.2) is 5.43 Å². The number of nitrogens with zero attached hydrogens (tertiary/aromatic N) is 2. The first-order chi connectivity index (χ1) is 14.2. The van der Waals surface area contributed by atoms with Gasteiger partial charge in [0, 0.05) is 18.0 Å². The maximum atomic E-state index is 11.9. The molecule has 0 unspecified atom stereocenters. The van der Waals surface area contributed by atoms with E-state index in [0.717, 1.165) is 6.07 Å². The fourth-order valence-electron chi connectivity index (χ4n) is 2.18. The van der Waals surface area contributed by atoms with Crippen LogP contribution >= 0.6 is 23.2 Å². The zero-order valence-electron chi connectivity index (χ0n) is 15.7. The number of esters is 1. The fraction of sp³-hybridized carbons (Fsp3) is 0.167. The zero-order valence-corrected chi connectivity index (χ0v) is 17.2. The van der Waals surface area contributed by atoms with Crippen molar-refractivity contribution in [2.24, 2.45) is 5.10 Å². The van der Waals surface area contributed by atoms with E-state index < -0.39 is 29.1 Å². The maximum absolute atomic E-state index is 11.9. The number of nitrogens with one attached hydrogen (secondary N) is 1. The van der Waals surface area contributed by atoms with E-state index in [2.05, 4.69) is 10.5 Å². The van der Waals surface area contributed by atoms with Crippen molar-refractivity contribution in [3.05, 3.63) is 56.1 Å². The zero-order chi connectivity index (χ0) is 22.3. The number of methoxy groups -OCH3 is 1. The van der Waals surface area contributed by atoms with Gasteiger partial charge in [0.05, 0.1) is 23.3 Å². The molecule has 0 aliphatic heterocycles. The number of benzene rings is 2. The minimum Gasteiger partial charge on any atom is -0.493 e. The molecule has 1 amide bonds. The summed E-state index contributed by atoms with van der Waals surface area (Å²) in [7, 11) is 1.41. The number of nitro groups is 1. The average molecular weight is 456 g/mol. The van der Waals surface area contributed by atoms with Gasteiger partial charge in [-0.15, -0.1) is 0 Å². The molecule has 2 aromatic carbocycles. The Morgan fingerprint density at radius 2 is 1.97 bits per heavy atom. The molecule has 0 heterocycles. The van der Waals surface area contributed by atoms with Crippen LogP contribution in [0.4, 0.5) is 5.69 Å². The summed E-state index contributed by atoms with van der Waals surface area (Å²) in [6, 6.07) is 6.96. The predicted molar refractivity (Wildman–Crippen MR) is 109 cm³/mol. The molecule has 1 N–H and O–H groups in total. The average Bonchev–Trinajstić information content (AvgIpc) is 2.67. The molecule has 0 bridgehead atoms. The standard InChI is InChI=1S/C18H15Cl2N3O7/c1-10(24)30-15-4-3-11(5-16(15)28-2)8-21-22-17(25)9-29-18-13(20)6-12(19)7-14(18)23(26)27/h3-8H,9H2,1-2H3,(H,22,25)/b21-8+. The predicted octanol–water partition coefficient (Wildman–Crippen LogP) is 3.36. The van der Waals surface area contributed by atoms with Gasteiger partial charge < -0.3 is 14.2 Å². The SMILES string of the molecule is COc1cc(/C=N/NC(=O)COc2c(Cl)cc(Cl)cc2[N+](=O)[O-])ccc1OC(C)=O. The first-order valence-corrected chi connectivity index (χ1v) is 8.91. The lowest BCUT2D eigenvalue weighted by Crippen LogP contribution is -2.24. The molecule has 2 rings (SSSR count). The molecule has 0 saturated heterocycles. The van der Waals surface area contributed by atoms with Gasteiger partial charge in [-0.05, 0) is 29.8 Å². The number of carbonyl (C=O) groups is 2. The number of carbonyl (C=O) groups excluding carboxylic acids is 2. The third kappa shape index (κ3) is 6.33. The van der Waals surface area contributed by atoms with E-state index in [1.807, 2.05) is 0 Å². The monoisotopic (exact) mass is 455 g/mol. The molecule has 0 aliphatic carbocycles. The Labute approximate surface area is 180 Å². The van der Waals surface area contributed by atoms with Crippen LogP contribution < -0.4 is 19.6 Å². The number of hydrogen-bond acceptors (Lipinski definition) is 8. The van der Waals surface area contributed by atoms with Crippen molar-refractivity contribution in [1.82, 2.24) is 5.43 Å². The summed E-state index contributed by atoms with van der Waals surface area (Å²) in [6.45, 7) is 0.687. The summed E-state index contributed by atoms with van der Waals surface area (Å²) in [5.41, 5.74) is 2.28. The molecule has 12 heteroatoms. The number of hydrogen-bond donors (Lipinski definition) is 1. The lowest BCUT2D eigenvalue weighted by Gasteiger charge is -2.09. The number of hydrazone groups is 1. The first kappa shape index (κ1) is 22.9. The summed E-state index contributed by atoms with van der Waals surface area (Å²) in [6.07, 6.45) is 1.32. The van der Waals surface area contributed by atoms with Crippen LogP contribution in [0.3, 0.4) is 0 Å². The van der Waals surface area contributed by atoms with Crippen molar-refractivity contribution in [2.75, 3.05) is 13.7 Å². The molecule has 158 valence electrons. The highest BCUT2D eigenvalue weighted by atomic mass is 35.5. The second kappa shape index (κ2) is 10.4. The Bertz CT molecular complexity index is 1010. The van der Waals surface area contributed by atoms with E-state index in [0.29, 0.717) is 11.3 Å². The number of halogens is 2. The first-order valence-electron chi connectivity index (χ1n) is 8.16. The van der Waals surface area contributed by atoms with E-state index in [-0.39, 0.29) is 21.5 Å².